The zero-order chi connectivity index (χ0) is 18.4. The number of furan rings is 1. The lowest BCUT2D eigenvalue weighted by molar-refractivity contribution is 0.0997. The Morgan fingerprint density at radius 1 is 1.15 bits per heavy atom. The lowest BCUT2D eigenvalue weighted by Crippen LogP contribution is -2.12. The molecule has 26 heavy (non-hydrogen) atoms. The van der Waals surface area contributed by atoms with Gasteiger partial charge in [-0.3, -0.25) is 9.89 Å². The quantitative estimate of drug-likeness (QED) is 0.571. The standard InChI is InChI=1S/C20H19N3O3/c1-10-5-6-11(2)17-16(10)12(3)18(26-17)20(24)21-19-14-9-13(25-4)7-8-15(14)22-23-19/h5-9H,1-4H3,(H2,21,22,23,24). The summed E-state index contributed by atoms with van der Waals surface area (Å²) in [6.07, 6.45) is 0. The first-order valence-electron chi connectivity index (χ1n) is 8.32. The van der Waals surface area contributed by atoms with Crippen LogP contribution in [0.1, 0.15) is 27.2 Å². The van der Waals surface area contributed by atoms with E-state index in [1.807, 2.05) is 51.1 Å². The smallest absolute Gasteiger partial charge is 0.292 e. The van der Waals surface area contributed by atoms with E-state index in [1.54, 1.807) is 7.11 Å². The summed E-state index contributed by atoms with van der Waals surface area (Å²) in [5.74, 6) is 1.11. The molecule has 2 aromatic heterocycles. The predicted molar refractivity (Wildman–Crippen MR) is 101 cm³/mol. The van der Waals surface area contributed by atoms with Crippen LogP contribution < -0.4 is 10.1 Å². The first-order chi connectivity index (χ1) is 12.5. The number of carbonyl (C=O) groups is 1. The number of amides is 1. The third-order valence-corrected chi connectivity index (χ3v) is 4.69. The molecule has 0 fully saturated rings. The maximum Gasteiger partial charge on any atom is 0.292 e. The van der Waals surface area contributed by atoms with E-state index >= 15 is 0 Å². The number of methoxy groups -OCH3 is 1. The third kappa shape index (κ3) is 2.42. The highest BCUT2D eigenvalue weighted by Gasteiger charge is 2.21. The number of benzene rings is 2. The molecule has 0 aliphatic heterocycles. The van der Waals surface area contributed by atoms with Gasteiger partial charge in [0.15, 0.2) is 11.6 Å². The minimum atomic E-state index is -0.325. The summed E-state index contributed by atoms with van der Waals surface area (Å²) < 4.78 is 11.2. The van der Waals surface area contributed by atoms with Crippen LogP contribution in [-0.2, 0) is 0 Å². The van der Waals surface area contributed by atoms with Gasteiger partial charge in [-0.05, 0) is 50.1 Å². The Balaban J connectivity index is 1.76. The first kappa shape index (κ1) is 16.2. The molecule has 2 heterocycles. The van der Waals surface area contributed by atoms with Crippen LogP contribution in [0.4, 0.5) is 5.82 Å². The van der Waals surface area contributed by atoms with Crippen molar-refractivity contribution in [3.63, 3.8) is 0 Å². The van der Waals surface area contributed by atoms with Crippen LogP contribution >= 0.6 is 0 Å². The van der Waals surface area contributed by atoms with E-state index in [-0.39, 0.29) is 5.91 Å². The molecule has 0 saturated heterocycles. The first-order valence-corrected chi connectivity index (χ1v) is 8.32. The zero-order valence-corrected chi connectivity index (χ0v) is 15.1. The molecule has 0 radical (unpaired) electrons. The number of carbonyl (C=O) groups excluding carboxylic acids is 1. The minimum Gasteiger partial charge on any atom is -0.497 e. The number of hydrogen-bond donors (Lipinski definition) is 2. The summed E-state index contributed by atoms with van der Waals surface area (Å²) >= 11 is 0. The van der Waals surface area contributed by atoms with E-state index in [2.05, 4.69) is 15.5 Å². The van der Waals surface area contributed by atoms with E-state index in [9.17, 15) is 4.79 Å². The largest absolute Gasteiger partial charge is 0.497 e. The van der Waals surface area contributed by atoms with Crippen LogP contribution in [0.3, 0.4) is 0 Å². The molecule has 6 nitrogen and oxygen atoms in total. The van der Waals surface area contributed by atoms with E-state index in [0.717, 1.165) is 38.6 Å². The molecule has 6 heteroatoms. The Labute approximate surface area is 150 Å². The highest BCUT2D eigenvalue weighted by Crippen LogP contribution is 2.32. The molecule has 0 atom stereocenters. The van der Waals surface area contributed by atoms with Crippen LogP contribution in [0.25, 0.3) is 21.9 Å². The van der Waals surface area contributed by atoms with E-state index in [1.165, 1.54) is 0 Å². The maximum absolute atomic E-state index is 12.8. The van der Waals surface area contributed by atoms with Crippen molar-refractivity contribution >= 4 is 33.6 Å². The molecule has 4 rings (SSSR count). The molecule has 1 amide bonds. The summed E-state index contributed by atoms with van der Waals surface area (Å²) in [6.45, 7) is 5.89. The molecule has 132 valence electrons. The SMILES string of the molecule is COc1ccc2[nH]nc(NC(=O)c3oc4c(C)ccc(C)c4c3C)c2c1. The predicted octanol–water partition coefficient (Wildman–Crippen LogP) is 4.50. The third-order valence-electron chi connectivity index (χ3n) is 4.69. The Kier molecular flexibility index (Phi) is 3.68. The van der Waals surface area contributed by atoms with Gasteiger partial charge in [-0.2, -0.15) is 5.10 Å². The van der Waals surface area contributed by atoms with Crippen LogP contribution in [0.5, 0.6) is 5.75 Å². The molecule has 0 saturated carbocycles. The number of rotatable bonds is 3. The molecule has 4 aromatic rings. The fraction of sp³-hybridized carbons (Fsp3) is 0.200. The number of aromatic nitrogens is 2. The van der Waals surface area contributed by atoms with E-state index < -0.39 is 0 Å². The van der Waals surface area contributed by atoms with E-state index in [0.29, 0.717) is 17.3 Å². The van der Waals surface area contributed by atoms with Crippen molar-refractivity contribution in [3.05, 3.63) is 52.8 Å². The fourth-order valence-corrected chi connectivity index (χ4v) is 3.27. The number of anilines is 1. The van der Waals surface area contributed by atoms with Gasteiger partial charge in [0, 0.05) is 16.3 Å². The van der Waals surface area contributed by atoms with Crippen molar-refractivity contribution < 1.29 is 13.9 Å². The molecular formula is C20H19N3O3. The number of nitrogens with zero attached hydrogens (tertiary/aromatic N) is 1. The van der Waals surface area contributed by atoms with E-state index in [4.69, 9.17) is 9.15 Å². The summed E-state index contributed by atoms with van der Waals surface area (Å²) in [5.41, 5.74) is 4.48. The van der Waals surface area contributed by atoms with Gasteiger partial charge in [0.25, 0.3) is 5.91 Å². The van der Waals surface area contributed by atoms with Gasteiger partial charge in [0.2, 0.25) is 0 Å². The van der Waals surface area contributed by atoms with Gasteiger partial charge in [-0.15, -0.1) is 0 Å². The Morgan fingerprint density at radius 3 is 2.65 bits per heavy atom. The zero-order valence-electron chi connectivity index (χ0n) is 15.1. The lowest BCUT2D eigenvalue weighted by Gasteiger charge is -2.02. The summed E-state index contributed by atoms with van der Waals surface area (Å²) in [5, 5.41) is 11.7. The summed E-state index contributed by atoms with van der Waals surface area (Å²) in [4.78, 5) is 12.8. The van der Waals surface area contributed by atoms with Gasteiger partial charge in [-0.25, -0.2) is 0 Å². The van der Waals surface area contributed by atoms with Crippen LogP contribution in [0, 0.1) is 20.8 Å². The molecule has 0 unspecified atom stereocenters. The van der Waals surface area contributed by atoms with Crippen molar-refractivity contribution in [3.8, 4) is 5.75 Å². The van der Waals surface area contributed by atoms with Crippen molar-refractivity contribution in [1.82, 2.24) is 10.2 Å². The molecule has 0 bridgehead atoms. The minimum absolute atomic E-state index is 0.302. The fourth-order valence-electron chi connectivity index (χ4n) is 3.27. The molecular weight excluding hydrogens is 330 g/mol. The van der Waals surface area contributed by atoms with Crippen LogP contribution in [-0.4, -0.2) is 23.2 Å². The second-order valence-corrected chi connectivity index (χ2v) is 6.40. The van der Waals surface area contributed by atoms with Crippen molar-refractivity contribution in [2.24, 2.45) is 0 Å². The average Bonchev–Trinajstić information content (AvgIpc) is 3.20. The van der Waals surface area contributed by atoms with Crippen LogP contribution in [0.2, 0.25) is 0 Å². The molecule has 0 aliphatic carbocycles. The number of ether oxygens (including phenoxy) is 1. The highest BCUT2D eigenvalue weighted by molar-refractivity contribution is 6.09. The maximum atomic E-state index is 12.8. The molecule has 0 aliphatic rings. The molecule has 0 spiro atoms. The van der Waals surface area contributed by atoms with Crippen molar-refractivity contribution in [2.45, 2.75) is 20.8 Å². The van der Waals surface area contributed by atoms with Crippen molar-refractivity contribution in [2.75, 3.05) is 12.4 Å². The number of aromatic amines is 1. The number of nitrogens with one attached hydrogen (secondary N) is 2. The van der Waals surface area contributed by atoms with Gasteiger partial charge in [0.05, 0.1) is 12.6 Å². The van der Waals surface area contributed by atoms with Gasteiger partial charge < -0.3 is 14.5 Å². The van der Waals surface area contributed by atoms with Crippen molar-refractivity contribution in [1.29, 1.82) is 0 Å². The topological polar surface area (TPSA) is 80.1 Å². The number of fused-ring (bicyclic) bond motifs is 2. The van der Waals surface area contributed by atoms with Gasteiger partial charge >= 0.3 is 0 Å². The molecule has 2 aromatic carbocycles. The Bertz CT molecular complexity index is 1150. The monoisotopic (exact) mass is 349 g/mol. The van der Waals surface area contributed by atoms with Gasteiger partial charge in [-0.1, -0.05) is 12.1 Å². The number of hydrogen-bond acceptors (Lipinski definition) is 4. The summed E-state index contributed by atoms with van der Waals surface area (Å²) in [7, 11) is 1.60. The Morgan fingerprint density at radius 2 is 1.92 bits per heavy atom. The Hall–Kier alpha value is -3.28. The van der Waals surface area contributed by atoms with Crippen LogP contribution in [0.15, 0.2) is 34.7 Å². The highest BCUT2D eigenvalue weighted by atomic mass is 16.5. The number of H-pyrrole nitrogens is 1. The average molecular weight is 349 g/mol. The van der Waals surface area contributed by atoms with Gasteiger partial charge in [0.1, 0.15) is 11.3 Å². The normalized spacial score (nSPS) is 11.2. The molecule has 2 N–H and O–H groups in total. The number of aryl methyl sites for hydroxylation is 3. The lowest BCUT2D eigenvalue weighted by atomic mass is 10.0. The summed E-state index contributed by atoms with van der Waals surface area (Å²) in [6, 6.07) is 9.55. The second kappa shape index (κ2) is 5.91. The second-order valence-electron chi connectivity index (χ2n) is 6.40.